The van der Waals surface area contributed by atoms with Crippen molar-refractivity contribution in [1.29, 1.82) is 0 Å². The summed E-state index contributed by atoms with van der Waals surface area (Å²) in [5.74, 6) is -2.74. The van der Waals surface area contributed by atoms with Gasteiger partial charge in [0, 0.05) is 73.7 Å². The van der Waals surface area contributed by atoms with Gasteiger partial charge in [-0.1, -0.05) is 54.0 Å². The van der Waals surface area contributed by atoms with E-state index in [4.69, 9.17) is 38.2 Å². The Hall–Kier alpha value is -2.21. The summed E-state index contributed by atoms with van der Waals surface area (Å²) in [7, 11) is 5.33. The van der Waals surface area contributed by atoms with Crippen LogP contribution in [0.2, 0.25) is 0 Å². The van der Waals surface area contributed by atoms with E-state index in [9.17, 15) is 30.3 Å². The lowest BCUT2D eigenvalue weighted by Gasteiger charge is -2.49. The molecular formula is C52H83BrN4O13S. The number of thiazole rings is 1. The number of rotatable bonds is 13. The summed E-state index contributed by atoms with van der Waals surface area (Å²) in [6.45, 7) is 18.7. The van der Waals surface area contributed by atoms with E-state index >= 15 is 0 Å². The molecule has 3 saturated heterocycles. The van der Waals surface area contributed by atoms with Gasteiger partial charge in [0.25, 0.3) is 0 Å². The van der Waals surface area contributed by atoms with Crippen molar-refractivity contribution in [2.75, 3.05) is 34.3 Å². The zero-order chi connectivity index (χ0) is 52.3. The second kappa shape index (κ2) is 24.2. The van der Waals surface area contributed by atoms with Gasteiger partial charge in [-0.15, -0.1) is 11.3 Å². The highest BCUT2D eigenvalue weighted by Gasteiger charge is 2.53. The van der Waals surface area contributed by atoms with E-state index in [0.29, 0.717) is 38.8 Å². The molecule has 0 bridgehead atoms. The second-order valence-electron chi connectivity index (χ2n) is 21.8. The highest BCUT2D eigenvalue weighted by molar-refractivity contribution is 9.10. The molecule has 0 amide bonds. The van der Waals surface area contributed by atoms with E-state index in [1.54, 1.807) is 52.9 Å². The van der Waals surface area contributed by atoms with Gasteiger partial charge >= 0.3 is 5.97 Å². The summed E-state index contributed by atoms with van der Waals surface area (Å²) >= 11 is 5.09. The van der Waals surface area contributed by atoms with Crippen LogP contribution in [-0.2, 0) is 50.9 Å². The zero-order valence-electron chi connectivity index (χ0n) is 44.1. The highest BCUT2D eigenvalue weighted by Crippen LogP contribution is 2.40. The number of ether oxygens (including phenoxy) is 6. The summed E-state index contributed by atoms with van der Waals surface area (Å²) in [6.07, 6.45) is -6.97. The van der Waals surface area contributed by atoms with Crippen LogP contribution in [-0.4, -0.2) is 183 Å². The number of hydrogen-bond donors (Lipinski definition) is 5. The molecule has 402 valence electrons. The largest absolute Gasteiger partial charge is 0.459 e. The smallest absolute Gasteiger partial charge is 0.311 e. The number of aliphatic hydroxyl groups is 5. The monoisotopic (exact) mass is 1080 g/mol. The molecule has 5 N–H and O–H groups in total. The van der Waals surface area contributed by atoms with Crippen molar-refractivity contribution in [2.24, 2.45) is 22.9 Å². The Bertz CT molecular complexity index is 2060. The Morgan fingerprint density at radius 2 is 1.68 bits per heavy atom. The molecule has 0 aliphatic carbocycles. The first-order chi connectivity index (χ1) is 33.3. The summed E-state index contributed by atoms with van der Waals surface area (Å²) in [5.41, 5.74) is -1.60. The van der Waals surface area contributed by atoms with Gasteiger partial charge in [0.05, 0.1) is 57.9 Å². The molecule has 3 fully saturated rings. The molecule has 71 heavy (non-hydrogen) atoms. The minimum atomic E-state index is -1.83. The number of oxime groups is 1. The van der Waals surface area contributed by atoms with Crippen LogP contribution >= 0.6 is 27.3 Å². The summed E-state index contributed by atoms with van der Waals surface area (Å²) < 4.78 is 39.4. The van der Waals surface area contributed by atoms with Crippen molar-refractivity contribution in [3.05, 3.63) is 50.4 Å². The molecule has 0 radical (unpaired) electrons. The maximum Gasteiger partial charge on any atom is 0.311 e. The number of benzene rings is 1. The second-order valence-corrected chi connectivity index (χ2v) is 23.7. The number of aliphatic hydroxyl groups excluding tert-OH is 3. The third-order valence-electron chi connectivity index (χ3n) is 15.7. The molecule has 0 unspecified atom stereocenters. The third kappa shape index (κ3) is 13.8. The molecule has 4 aliphatic heterocycles. The van der Waals surface area contributed by atoms with Crippen LogP contribution in [0.4, 0.5) is 0 Å². The van der Waals surface area contributed by atoms with E-state index in [2.05, 4.69) is 31.4 Å². The average Bonchev–Trinajstić information content (AvgIpc) is 3.99. The molecule has 2 aromatic rings. The number of halogens is 1. The van der Waals surface area contributed by atoms with E-state index in [-0.39, 0.29) is 43.4 Å². The van der Waals surface area contributed by atoms with E-state index < -0.39 is 96.0 Å². The summed E-state index contributed by atoms with van der Waals surface area (Å²) in [6, 6.07) is 7.09. The number of hydrogen-bond acceptors (Lipinski definition) is 18. The third-order valence-corrected chi connectivity index (χ3v) is 17.2. The predicted octanol–water partition coefficient (Wildman–Crippen LogP) is 5.47. The molecule has 0 saturated carbocycles. The predicted molar refractivity (Wildman–Crippen MR) is 273 cm³/mol. The number of likely N-dealkylation sites (N-methyl/N-ethyl adjacent to an activating group) is 2. The van der Waals surface area contributed by atoms with Crippen molar-refractivity contribution in [3.63, 3.8) is 0 Å². The van der Waals surface area contributed by atoms with Gasteiger partial charge in [-0.2, -0.15) is 0 Å². The number of nitrogens with zero attached hydrogens (tertiary/aromatic N) is 4. The number of methoxy groups -OCH3 is 1. The summed E-state index contributed by atoms with van der Waals surface area (Å²) in [4.78, 5) is 29.3. The van der Waals surface area contributed by atoms with Crippen molar-refractivity contribution in [2.45, 2.75) is 211 Å². The Morgan fingerprint density at radius 3 is 2.34 bits per heavy atom. The fourth-order valence-electron chi connectivity index (χ4n) is 11.2. The SMILES string of the molecule is CC[C@H]1OC(=O)[C@H](C)[C@@H](O[C@H]2C[C@@](C)(OC)[C@@H](O)[C@H](C)O2)[C@H](C)[C@@H](O[C@@H]2O[C@H](C)C[C@H](N(C)CCc3csc(C[C@H]4CC(c5ccc(Br)cc5)=NO4)n3)[C@H]2O)[C@](C)(O)C[C@@H](C)CN(C)[C@H](C)[C@@H](O)[C@]1(C)O. The van der Waals surface area contributed by atoms with Gasteiger partial charge in [0.15, 0.2) is 12.6 Å². The van der Waals surface area contributed by atoms with E-state index in [1.165, 1.54) is 14.0 Å². The summed E-state index contributed by atoms with van der Waals surface area (Å²) in [5, 5.41) is 67.1. The molecule has 5 heterocycles. The fraction of sp³-hybridized carbons (Fsp3) is 0.788. The van der Waals surface area contributed by atoms with E-state index in [1.807, 2.05) is 64.0 Å². The molecule has 6 rings (SSSR count). The van der Waals surface area contributed by atoms with Gasteiger partial charge in [-0.05, 0) is 105 Å². The van der Waals surface area contributed by atoms with Gasteiger partial charge in [0.2, 0.25) is 0 Å². The maximum atomic E-state index is 14.5. The van der Waals surface area contributed by atoms with Crippen molar-refractivity contribution in [1.82, 2.24) is 14.8 Å². The van der Waals surface area contributed by atoms with Gasteiger partial charge in [-0.25, -0.2) is 4.98 Å². The van der Waals surface area contributed by atoms with Gasteiger partial charge in [0.1, 0.15) is 36.1 Å². The van der Waals surface area contributed by atoms with Crippen LogP contribution in [0.5, 0.6) is 0 Å². The minimum Gasteiger partial charge on any atom is -0.459 e. The minimum absolute atomic E-state index is 0.0919. The Labute approximate surface area is 433 Å². The molecule has 19 atom stereocenters. The van der Waals surface area contributed by atoms with Crippen LogP contribution in [0.25, 0.3) is 0 Å². The first-order valence-electron chi connectivity index (χ1n) is 25.5. The first kappa shape index (κ1) is 58.1. The molecule has 4 aliphatic rings. The van der Waals surface area contributed by atoms with Crippen LogP contribution in [0, 0.1) is 17.8 Å². The Balaban J connectivity index is 1.23. The van der Waals surface area contributed by atoms with Crippen LogP contribution in [0.3, 0.4) is 0 Å². The van der Waals surface area contributed by atoms with Crippen molar-refractivity contribution in [3.8, 4) is 0 Å². The lowest BCUT2D eigenvalue weighted by molar-refractivity contribution is -0.318. The highest BCUT2D eigenvalue weighted by atomic mass is 79.9. The van der Waals surface area contributed by atoms with Crippen LogP contribution in [0.15, 0.2) is 39.3 Å². The maximum absolute atomic E-state index is 14.5. The quantitative estimate of drug-likeness (QED) is 0.157. The average molecular weight is 1080 g/mol. The molecular weight excluding hydrogens is 1000 g/mol. The topological polar surface area (TPSA) is 215 Å². The zero-order valence-corrected chi connectivity index (χ0v) is 46.5. The molecule has 1 aromatic carbocycles. The Morgan fingerprint density at radius 1 is 0.986 bits per heavy atom. The molecule has 0 spiro atoms. The number of aromatic nitrogens is 1. The van der Waals surface area contributed by atoms with Crippen LogP contribution < -0.4 is 0 Å². The van der Waals surface area contributed by atoms with Crippen LogP contribution in [0.1, 0.15) is 118 Å². The van der Waals surface area contributed by atoms with Gasteiger partial charge < -0.3 is 68.6 Å². The fourth-order valence-corrected chi connectivity index (χ4v) is 12.4. The number of carbonyl (C=O) groups is 1. The number of esters is 1. The number of carbonyl (C=O) groups excluding carboxylic acids is 1. The lowest BCUT2D eigenvalue weighted by atomic mass is 9.77. The molecule has 19 heteroatoms. The number of cyclic esters (lactones) is 1. The standard InChI is InChI=1S/C52H83BrN4O13S/c1-14-40-52(10,63)45(59)32(6)57(12)26-28(2)24-50(8,62)47(30(4)44(31(5)48(61)67-40)68-42-25-51(9,64-13)46(60)33(7)66-42)69-49-43(58)39(21-29(3)65-49)56(11)20-19-36-27-71-41(54-36)23-37-22-38(55-70-37)34-15-17-35(53)18-16-34/h15-18,27-33,37,39-40,42-47,49,58-60,62-63H,14,19-26H2,1-13H3/t28-,29-,30+,31-,32-,33+,37-,39+,40-,42+,43-,44+,45-,46+,47-,49+,50-,51-,52-/m1/s1. The van der Waals surface area contributed by atoms with E-state index in [0.717, 1.165) is 26.4 Å². The Kier molecular flexibility index (Phi) is 19.8. The first-order valence-corrected chi connectivity index (χ1v) is 27.1. The molecule has 17 nitrogen and oxygen atoms in total. The van der Waals surface area contributed by atoms with Crippen molar-refractivity contribution >= 4 is 38.9 Å². The lowest BCUT2D eigenvalue weighted by Crippen LogP contribution is -2.61. The van der Waals surface area contributed by atoms with Gasteiger partial charge in [-0.3, -0.25) is 4.79 Å². The van der Waals surface area contributed by atoms with Crippen molar-refractivity contribution < 1.29 is 63.6 Å². The normalized spacial score (nSPS) is 41.5. The molecule has 1 aromatic heterocycles.